The van der Waals surface area contributed by atoms with E-state index in [0.29, 0.717) is 6.04 Å². The van der Waals surface area contributed by atoms with Gasteiger partial charge in [-0.25, -0.2) is 0 Å². The molecule has 1 nitrogen and oxygen atoms in total. The summed E-state index contributed by atoms with van der Waals surface area (Å²) in [6, 6.07) is 0.490. The van der Waals surface area contributed by atoms with Gasteiger partial charge in [0.25, 0.3) is 0 Å². The van der Waals surface area contributed by atoms with Gasteiger partial charge in [-0.05, 0) is 32.8 Å². The lowest BCUT2D eigenvalue weighted by atomic mass is 10.2. The van der Waals surface area contributed by atoms with Gasteiger partial charge in [-0.15, -0.1) is 0 Å². The molecule has 0 aromatic heterocycles. The molecule has 0 amide bonds. The van der Waals surface area contributed by atoms with Crippen molar-refractivity contribution in [1.29, 1.82) is 0 Å². The average molecular weight is 153 g/mol. The lowest BCUT2D eigenvalue weighted by Crippen LogP contribution is -2.22. The standard InChI is InChI=1S/C10H19N/c1-6-7-10(8(2)3)11-9(4)5/h7,9,11H,2,6H2,1,3-5H3/b10-7+. The summed E-state index contributed by atoms with van der Waals surface area (Å²) < 4.78 is 0. The van der Waals surface area contributed by atoms with E-state index in [4.69, 9.17) is 0 Å². The van der Waals surface area contributed by atoms with E-state index < -0.39 is 0 Å². The Bertz CT molecular complexity index is 154. The van der Waals surface area contributed by atoms with Crippen molar-refractivity contribution in [2.24, 2.45) is 0 Å². The number of allylic oxidation sites excluding steroid dienone is 2. The molecule has 0 aromatic rings. The Morgan fingerprint density at radius 1 is 1.55 bits per heavy atom. The molecule has 64 valence electrons. The van der Waals surface area contributed by atoms with E-state index in [1.807, 2.05) is 6.92 Å². The summed E-state index contributed by atoms with van der Waals surface area (Å²) in [7, 11) is 0. The highest BCUT2D eigenvalue weighted by Crippen LogP contribution is 2.04. The maximum atomic E-state index is 3.90. The first-order chi connectivity index (χ1) is 5.07. The van der Waals surface area contributed by atoms with Crippen molar-refractivity contribution in [2.75, 3.05) is 0 Å². The van der Waals surface area contributed by atoms with Gasteiger partial charge in [0.15, 0.2) is 0 Å². The largest absolute Gasteiger partial charge is 0.383 e. The summed E-state index contributed by atoms with van der Waals surface area (Å²) in [6.07, 6.45) is 3.23. The summed E-state index contributed by atoms with van der Waals surface area (Å²) in [6.45, 7) is 12.3. The Hall–Kier alpha value is -0.720. The molecule has 0 heterocycles. The smallest absolute Gasteiger partial charge is 0.0325 e. The molecule has 0 unspecified atom stereocenters. The van der Waals surface area contributed by atoms with Crippen LogP contribution in [0.3, 0.4) is 0 Å². The third kappa shape index (κ3) is 4.65. The van der Waals surface area contributed by atoms with Crippen molar-refractivity contribution < 1.29 is 0 Å². The van der Waals surface area contributed by atoms with Crippen molar-refractivity contribution in [3.05, 3.63) is 23.9 Å². The van der Waals surface area contributed by atoms with Crippen molar-refractivity contribution in [2.45, 2.75) is 40.2 Å². The minimum Gasteiger partial charge on any atom is -0.383 e. The SMILES string of the molecule is C=C(C)/C(=C\CC)NC(C)C. The molecule has 1 heteroatoms. The van der Waals surface area contributed by atoms with Crippen molar-refractivity contribution in [3.8, 4) is 0 Å². The fourth-order valence-electron chi connectivity index (χ4n) is 0.871. The molecule has 0 saturated heterocycles. The first-order valence-electron chi connectivity index (χ1n) is 4.20. The van der Waals surface area contributed by atoms with Crippen LogP contribution in [0.25, 0.3) is 0 Å². The molecular formula is C10H19N. The molecule has 0 bridgehead atoms. The fourth-order valence-corrected chi connectivity index (χ4v) is 0.871. The van der Waals surface area contributed by atoms with Crippen LogP contribution in [0.15, 0.2) is 23.9 Å². The molecule has 1 N–H and O–H groups in total. The fraction of sp³-hybridized carbons (Fsp3) is 0.600. The van der Waals surface area contributed by atoms with Gasteiger partial charge in [0.2, 0.25) is 0 Å². The minimum atomic E-state index is 0.490. The van der Waals surface area contributed by atoms with Crippen LogP contribution in [0.1, 0.15) is 34.1 Å². The van der Waals surface area contributed by atoms with Crippen LogP contribution in [0.4, 0.5) is 0 Å². The monoisotopic (exact) mass is 153 g/mol. The number of rotatable bonds is 4. The normalized spacial score (nSPS) is 11.9. The lowest BCUT2D eigenvalue weighted by molar-refractivity contribution is 0.672. The highest BCUT2D eigenvalue weighted by atomic mass is 14.9. The van der Waals surface area contributed by atoms with Gasteiger partial charge in [0, 0.05) is 11.7 Å². The van der Waals surface area contributed by atoms with Gasteiger partial charge < -0.3 is 5.32 Å². The lowest BCUT2D eigenvalue weighted by Gasteiger charge is -2.13. The number of hydrogen-bond donors (Lipinski definition) is 1. The highest BCUT2D eigenvalue weighted by Gasteiger charge is 1.97. The summed E-state index contributed by atoms with van der Waals surface area (Å²) in [5.41, 5.74) is 2.29. The van der Waals surface area contributed by atoms with Crippen LogP contribution in [0.5, 0.6) is 0 Å². The topological polar surface area (TPSA) is 12.0 Å². The Balaban J connectivity index is 4.12. The molecule has 0 fully saturated rings. The Morgan fingerprint density at radius 2 is 2.09 bits per heavy atom. The molecule has 0 aliphatic heterocycles. The third-order valence-electron chi connectivity index (χ3n) is 1.31. The van der Waals surface area contributed by atoms with Gasteiger partial charge in [-0.3, -0.25) is 0 Å². The van der Waals surface area contributed by atoms with E-state index in [0.717, 1.165) is 12.0 Å². The van der Waals surface area contributed by atoms with Crippen LogP contribution in [0.2, 0.25) is 0 Å². The zero-order valence-corrected chi connectivity index (χ0v) is 8.07. The Kier molecular flexibility index (Phi) is 4.67. The molecule has 0 radical (unpaired) electrons. The average Bonchev–Trinajstić information content (AvgIpc) is 1.86. The second-order valence-corrected chi connectivity index (χ2v) is 3.11. The van der Waals surface area contributed by atoms with E-state index in [1.54, 1.807) is 0 Å². The van der Waals surface area contributed by atoms with E-state index in [1.165, 1.54) is 5.70 Å². The van der Waals surface area contributed by atoms with Gasteiger partial charge in [0.05, 0.1) is 0 Å². The van der Waals surface area contributed by atoms with E-state index in [9.17, 15) is 0 Å². The van der Waals surface area contributed by atoms with Gasteiger partial charge in [-0.2, -0.15) is 0 Å². The summed E-state index contributed by atoms with van der Waals surface area (Å²) in [4.78, 5) is 0. The van der Waals surface area contributed by atoms with Crippen LogP contribution in [-0.4, -0.2) is 6.04 Å². The summed E-state index contributed by atoms with van der Waals surface area (Å²) in [5.74, 6) is 0. The van der Waals surface area contributed by atoms with E-state index in [-0.39, 0.29) is 0 Å². The predicted molar refractivity (Wildman–Crippen MR) is 51.5 cm³/mol. The van der Waals surface area contributed by atoms with E-state index >= 15 is 0 Å². The van der Waals surface area contributed by atoms with Crippen molar-refractivity contribution in [3.63, 3.8) is 0 Å². The number of nitrogens with one attached hydrogen (secondary N) is 1. The van der Waals surface area contributed by atoms with Crippen LogP contribution >= 0.6 is 0 Å². The zero-order valence-electron chi connectivity index (χ0n) is 8.07. The molecule has 0 spiro atoms. The molecule has 0 rings (SSSR count). The zero-order chi connectivity index (χ0) is 8.85. The molecule has 0 atom stereocenters. The minimum absolute atomic E-state index is 0.490. The highest BCUT2D eigenvalue weighted by molar-refractivity contribution is 5.24. The number of hydrogen-bond acceptors (Lipinski definition) is 1. The quantitative estimate of drug-likeness (QED) is 0.612. The molecule has 0 saturated carbocycles. The summed E-state index contributed by atoms with van der Waals surface area (Å²) >= 11 is 0. The first kappa shape index (κ1) is 10.3. The molecular weight excluding hydrogens is 134 g/mol. The molecule has 0 aliphatic carbocycles. The maximum absolute atomic E-state index is 3.90. The second-order valence-electron chi connectivity index (χ2n) is 3.11. The Morgan fingerprint density at radius 3 is 2.36 bits per heavy atom. The first-order valence-corrected chi connectivity index (χ1v) is 4.20. The second kappa shape index (κ2) is 5.00. The molecule has 0 aliphatic rings. The van der Waals surface area contributed by atoms with Crippen LogP contribution in [-0.2, 0) is 0 Å². The van der Waals surface area contributed by atoms with Crippen LogP contribution in [0, 0.1) is 0 Å². The maximum Gasteiger partial charge on any atom is 0.0325 e. The predicted octanol–water partition coefficient (Wildman–Crippen LogP) is 2.85. The van der Waals surface area contributed by atoms with Crippen LogP contribution < -0.4 is 5.32 Å². The van der Waals surface area contributed by atoms with Gasteiger partial charge >= 0.3 is 0 Å². The molecule has 0 aromatic carbocycles. The molecule has 11 heavy (non-hydrogen) atoms. The van der Waals surface area contributed by atoms with Crippen molar-refractivity contribution >= 4 is 0 Å². The van der Waals surface area contributed by atoms with Gasteiger partial charge in [0.1, 0.15) is 0 Å². The summed E-state index contributed by atoms with van der Waals surface area (Å²) in [5, 5.41) is 3.34. The van der Waals surface area contributed by atoms with Crippen molar-refractivity contribution in [1.82, 2.24) is 5.32 Å². The Labute approximate surface area is 70.2 Å². The van der Waals surface area contributed by atoms with E-state index in [2.05, 4.69) is 38.7 Å². The third-order valence-corrected chi connectivity index (χ3v) is 1.31. The van der Waals surface area contributed by atoms with Gasteiger partial charge in [-0.1, -0.05) is 19.6 Å².